The quantitative estimate of drug-likeness (QED) is 0.873. The van der Waals surface area contributed by atoms with E-state index in [1.165, 1.54) is 11.1 Å². The van der Waals surface area contributed by atoms with Crippen LogP contribution < -0.4 is 5.32 Å². The Hall–Kier alpha value is -1.35. The maximum absolute atomic E-state index is 11.9. The van der Waals surface area contributed by atoms with Crippen molar-refractivity contribution >= 4 is 5.91 Å². The number of aryl methyl sites for hydroxylation is 2. The zero-order chi connectivity index (χ0) is 14.0. The largest absolute Gasteiger partial charge is 0.392 e. The summed E-state index contributed by atoms with van der Waals surface area (Å²) < 4.78 is 0. The minimum Gasteiger partial charge on any atom is -0.392 e. The molecule has 0 aliphatic heterocycles. The zero-order valence-corrected chi connectivity index (χ0v) is 11.9. The van der Waals surface area contributed by atoms with E-state index in [1.807, 2.05) is 13.8 Å². The molecule has 1 aliphatic carbocycles. The van der Waals surface area contributed by atoms with Gasteiger partial charge in [0.05, 0.1) is 6.10 Å². The van der Waals surface area contributed by atoms with Crippen molar-refractivity contribution in [3.8, 4) is 0 Å². The lowest BCUT2D eigenvalue weighted by atomic mass is 9.64. The number of aliphatic hydroxyl groups excluding tert-OH is 1. The van der Waals surface area contributed by atoms with Crippen molar-refractivity contribution < 1.29 is 9.90 Å². The van der Waals surface area contributed by atoms with Crippen LogP contribution in [0.2, 0.25) is 0 Å². The van der Waals surface area contributed by atoms with Gasteiger partial charge >= 0.3 is 0 Å². The molecule has 2 rings (SSSR count). The first-order chi connectivity index (χ1) is 8.89. The van der Waals surface area contributed by atoms with Gasteiger partial charge < -0.3 is 10.4 Å². The van der Waals surface area contributed by atoms with Gasteiger partial charge in [0.15, 0.2) is 0 Å². The van der Waals surface area contributed by atoms with Crippen molar-refractivity contribution in [2.45, 2.75) is 52.2 Å². The molecule has 1 amide bonds. The number of carbonyl (C=O) groups is 1. The van der Waals surface area contributed by atoms with Crippen molar-refractivity contribution in [1.29, 1.82) is 0 Å². The van der Waals surface area contributed by atoms with Crippen molar-refractivity contribution in [2.24, 2.45) is 5.41 Å². The lowest BCUT2D eigenvalue weighted by molar-refractivity contribution is -0.129. The Kier molecular flexibility index (Phi) is 3.95. The van der Waals surface area contributed by atoms with Crippen molar-refractivity contribution in [3.63, 3.8) is 0 Å². The third-order valence-electron chi connectivity index (χ3n) is 4.31. The van der Waals surface area contributed by atoms with Crippen LogP contribution in [0, 0.1) is 12.3 Å². The summed E-state index contributed by atoms with van der Waals surface area (Å²) in [5.74, 6) is 0.0746. The normalized spacial score (nSPS) is 24.6. The molecule has 1 aliphatic rings. The van der Waals surface area contributed by atoms with Gasteiger partial charge in [0.25, 0.3) is 0 Å². The SMILES string of the molecule is Cc1ccc(CCC(=O)NC2CC(O)C2(C)C)cc1. The lowest BCUT2D eigenvalue weighted by Gasteiger charge is -2.49. The van der Waals surface area contributed by atoms with E-state index in [-0.39, 0.29) is 23.5 Å². The summed E-state index contributed by atoms with van der Waals surface area (Å²) in [7, 11) is 0. The average molecular weight is 261 g/mol. The highest BCUT2D eigenvalue weighted by atomic mass is 16.3. The Morgan fingerprint density at radius 3 is 2.53 bits per heavy atom. The van der Waals surface area contributed by atoms with Gasteiger partial charge in [-0.15, -0.1) is 0 Å². The first kappa shape index (κ1) is 14.1. The molecule has 2 N–H and O–H groups in total. The van der Waals surface area contributed by atoms with Crippen LogP contribution in [0.4, 0.5) is 0 Å². The molecule has 0 radical (unpaired) electrons. The van der Waals surface area contributed by atoms with E-state index in [2.05, 4.69) is 36.5 Å². The van der Waals surface area contributed by atoms with Gasteiger partial charge in [0.1, 0.15) is 0 Å². The van der Waals surface area contributed by atoms with Gasteiger partial charge in [0, 0.05) is 17.9 Å². The maximum atomic E-state index is 11.9. The number of aliphatic hydroxyl groups is 1. The number of hydrogen-bond donors (Lipinski definition) is 2. The lowest BCUT2D eigenvalue weighted by Crippen LogP contribution is -2.61. The summed E-state index contributed by atoms with van der Waals surface area (Å²) in [6.07, 6.45) is 1.64. The van der Waals surface area contributed by atoms with Gasteiger partial charge in [-0.1, -0.05) is 43.7 Å². The van der Waals surface area contributed by atoms with Crippen molar-refractivity contribution in [1.82, 2.24) is 5.32 Å². The summed E-state index contributed by atoms with van der Waals surface area (Å²) in [6.45, 7) is 6.04. The molecule has 0 spiro atoms. The molecule has 0 heterocycles. The Morgan fingerprint density at radius 2 is 2.00 bits per heavy atom. The van der Waals surface area contributed by atoms with Crippen LogP contribution in [-0.2, 0) is 11.2 Å². The number of benzene rings is 1. The molecule has 1 aromatic carbocycles. The third kappa shape index (κ3) is 3.16. The number of carbonyl (C=O) groups excluding carboxylic acids is 1. The molecule has 104 valence electrons. The Morgan fingerprint density at radius 1 is 1.37 bits per heavy atom. The monoisotopic (exact) mass is 261 g/mol. The minimum absolute atomic E-state index is 0.0746. The molecule has 0 bridgehead atoms. The second-order valence-electron chi connectivity index (χ2n) is 6.18. The summed E-state index contributed by atoms with van der Waals surface area (Å²) in [6, 6.07) is 8.38. The molecule has 3 nitrogen and oxygen atoms in total. The average Bonchev–Trinajstić information content (AvgIpc) is 2.38. The fourth-order valence-corrected chi connectivity index (χ4v) is 2.43. The molecule has 1 saturated carbocycles. The number of rotatable bonds is 4. The molecule has 0 aromatic heterocycles. The van der Waals surface area contributed by atoms with Crippen molar-refractivity contribution in [2.75, 3.05) is 0 Å². The van der Waals surface area contributed by atoms with Gasteiger partial charge in [-0.25, -0.2) is 0 Å². The third-order valence-corrected chi connectivity index (χ3v) is 4.31. The van der Waals surface area contributed by atoms with Crippen LogP contribution in [0.1, 0.15) is 37.8 Å². The summed E-state index contributed by atoms with van der Waals surface area (Å²) in [5.41, 5.74) is 2.23. The van der Waals surface area contributed by atoms with E-state index in [0.29, 0.717) is 12.8 Å². The predicted octanol–water partition coefficient (Wildman–Crippen LogP) is 2.20. The van der Waals surface area contributed by atoms with E-state index >= 15 is 0 Å². The second kappa shape index (κ2) is 5.33. The molecule has 1 fully saturated rings. The summed E-state index contributed by atoms with van der Waals surface area (Å²) in [5, 5.41) is 12.7. The molecule has 1 aromatic rings. The van der Waals surface area contributed by atoms with Crippen LogP contribution in [0.15, 0.2) is 24.3 Å². The van der Waals surface area contributed by atoms with Gasteiger partial charge in [-0.05, 0) is 25.3 Å². The first-order valence-corrected chi connectivity index (χ1v) is 6.92. The highest BCUT2D eigenvalue weighted by molar-refractivity contribution is 5.76. The molecule has 2 unspecified atom stereocenters. The zero-order valence-electron chi connectivity index (χ0n) is 11.9. The molecule has 3 heteroatoms. The molecule has 2 atom stereocenters. The van der Waals surface area contributed by atoms with Crippen LogP contribution in [0.3, 0.4) is 0 Å². The molecule has 19 heavy (non-hydrogen) atoms. The van der Waals surface area contributed by atoms with Gasteiger partial charge in [0.2, 0.25) is 5.91 Å². The fourth-order valence-electron chi connectivity index (χ4n) is 2.43. The topological polar surface area (TPSA) is 49.3 Å². The van der Waals surface area contributed by atoms with Crippen LogP contribution in [0.5, 0.6) is 0 Å². The second-order valence-corrected chi connectivity index (χ2v) is 6.18. The van der Waals surface area contributed by atoms with E-state index in [9.17, 15) is 9.90 Å². The maximum Gasteiger partial charge on any atom is 0.220 e. The Labute approximate surface area is 115 Å². The standard InChI is InChI=1S/C16H23NO2/c1-11-4-6-12(7-5-11)8-9-15(19)17-13-10-14(18)16(13,2)3/h4-7,13-14,18H,8-10H2,1-3H3,(H,17,19). The van der Waals surface area contributed by atoms with E-state index in [1.54, 1.807) is 0 Å². The van der Waals surface area contributed by atoms with Gasteiger partial charge in [-0.2, -0.15) is 0 Å². The molecular weight excluding hydrogens is 238 g/mol. The summed E-state index contributed by atoms with van der Waals surface area (Å²) in [4.78, 5) is 11.9. The number of amides is 1. The van der Waals surface area contributed by atoms with Crippen LogP contribution in [0.25, 0.3) is 0 Å². The van der Waals surface area contributed by atoms with Gasteiger partial charge in [-0.3, -0.25) is 4.79 Å². The number of hydrogen-bond acceptors (Lipinski definition) is 2. The van der Waals surface area contributed by atoms with E-state index < -0.39 is 0 Å². The van der Waals surface area contributed by atoms with E-state index in [0.717, 1.165) is 6.42 Å². The molecule has 0 saturated heterocycles. The Balaban J connectivity index is 1.78. The minimum atomic E-state index is -0.296. The van der Waals surface area contributed by atoms with Crippen LogP contribution >= 0.6 is 0 Å². The highest BCUT2D eigenvalue weighted by Gasteiger charge is 2.47. The van der Waals surface area contributed by atoms with E-state index in [4.69, 9.17) is 0 Å². The predicted molar refractivity (Wildman–Crippen MR) is 75.8 cm³/mol. The Bertz CT molecular complexity index is 450. The first-order valence-electron chi connectivity index (χ1n) is 6.92. The summed E-state index contributed by atoms with van der Waals surface area (Å²) >= 11 is 0. The highest BCUT2D eigenvalue weighted by Crippen LogP contribution is 2.40. The smallest absolute Gasteiger partial charge is 0.220 e. The number of nitrogens with one attached hydrogen (secondary N) is 1. The van der Waals surface area contributed by atoms with Crippen LogP contribution in [-0.4, -0.2) is 23.2 Å². The van der Waals surface area contributed by atoms with Crippen molar-refractivity contribution in [3.05, 3.63) is 35.4 Å². The molecular formula is C16H23NO2. The fraction of sp³-hybridized carbons (Fsp3) is 0.562.